The smallest absolute Gasteiger partial charge is 0.129 e. The molecule has 0 N–H and O–H groups in total. The molecule has 0 fully saturated rings. The van der Waals surface area contributed by atoms with E-state index in [2.05, 4.69) is 31.1 Å². The van der Waals surface area contributed by atoms with Gasteiger partial charge in [-0.1, -0.05) is 31.6 Å². The van der Waals surface area contributed by atoms with Crippen molar-refractivity contribution in [2.24, 2.45) is 0 Å². The average molecular weight is 206 g/mol. The minimum Gasteiger partial charge on any atom is -0.207 e. The van der Waals surface area contributed by atoms with Gasteiger partial charge in [0.25, 0.3) is 0 Å². The summed E-state index contributed by atoms with van der Waals surface area (Å²) in [6.45, 7) is 8.27. The van der Waals surface area contributed by atoms with Gasteiger partial charge in [0, 0.05) is 5.56 Å². The second-order valence-electron chi connectivity index (χ2n) is 4.46. The Morgan fingerprint density at radius 1 is 1.21 bits per heavy atom. The minimum atomic E-state index is -1.35. The van der Waals surface area contributed by atoms with Gasteiger partial charge in [0.05, 0.1) is 0 Å². The molecule has 0 aliphatic rings. The number of benzene rings is 1. The molecule has 0 unspecified atom stereocenters. The Kier molecular flexibility index (Phi) is 3.12. The molecule has 0 bridgehead atoms. The standard InChI is InChI=1S/C12H15FSi/c1-10-5-6-11(9-12(10)13)7-8-14(2,3)4/h5-6,9H,1-4H3. The van der Waals surface area contributed by atoms with Crippen molar-refractivity contribution >= 4 is 8.07 Å². The first-order valence-corrected chi connectivity index (χ1v) is 8.18. The van der Waals surface area contributed by atoms with Crippen molar-refractivity contribution in [3.8, 4) is 11.5 Å². The third kappa shape index (κ3) is 3.35. The van der Waals surface area contributed by atoms with Crippen molar-refractivity contribution < 1.29 is 4.39 Å². The molecule has 1 aromatic carbocycles. The predicted molar refractivity (Wildman–Crippen MR) is 61.4 cm³/mol. The molecule has 0 heterocycles. The highest BCUT2D eigenvalue weighted by Crippen LogP contribution is 2.08. The summed E-state index contributed by atoms with van der Waals surface area (Å²) < 4.78 is 13.1. The lowest BCUT2D eigenvalue weighted by Gasteiger charge is -2.03. The van der Waals surface area contributed by atoms with Crippen molar-refractivity contribution in [1.82, 2.24) is 0 Å². The molecule has 14 heavy (non-hydrogen) atoms. The number of hydrogen-bond donors (Lipinski definition) is 0. The molecular weight excluding hydrogens is 191 g/mol. The van der Waals surface area contributed by atoms with Crippen LogP contribution in [0.3, 0.4) is 0 Å². The maximum absolute atomic E-state index is 13.1. The van der Waals surface area contributed by atoms with Crippen LogP contribution in [0.15, 0.2) is 18.2 Å². The fourth-order valence-corrected chi connectivity index (χ4v) is 1.45. The Balaban J connectivity index is 2.98. The second kappa shape index (κ2) is 3.98. The first-order valence-electron chi connectivity index (χ1n) is 4.68. The van der Waals surface area contributed by atoms with Crippen molar-refractivity contribution in [3.63, 3.8) is 0 Å². The van der Waals surface area contributed by atoms with E-state index in [1.807, 2.05) is 6.07 Å². The fraction of sp³-hybridized carbons (Fsp3) is 0.333. The zero-order chi connectivity index (χ0) is 10.8. The van der Waals surface area contributed by atoms with E-state index in [4.69, 9.17) is 0 Å². The first-order chi connectivity index (χ1) is 6.38. The van der Waals surface area contributed by atoms with Crippen LogP contribution < -0.4 is 0 Å². The van der Waals surface area contributed by atoms with Crippen molar-refractivity contribution in [3.05, 3.63) is 35.1 Å². The molecule has 0 saturated carbocycles. The second-order valence-corrected chi connectivity index (χ2v) is 9.21. The van der Waals surface area contributed by atoms with Gasteiger partial charge in [0.2, 0.25) is 0 Å². The molecular formula is C12H15FSi. The molecule has 0 aliphatic carbocycles. The summed E-state index contributed by atoms with van der Waals surface area (Å²) in [5.41, 5.74) is 4.65. The van der Waals surface area contributed by atoms with Crippen LogP contribution in [0.25, 0.3) is 0 Å². The van der Waals surface area contributed by atoms with E-state index in [1.165, 1.54) is 6.07 Å². The van der Waals surface area contributed by atoms with Gasteiger partial charge in [-0.25, -0.2) is 4.39 Å². The highest BCUT2D eigenvalue weighted by molar-refractivity contribution is 6.83. The zero-order valence-corrected chi connectivity index (χ0v) is 10.1. The molecule has 0 nitrogen and oxygen atoms in total. The highest BCUT2D eigenvalue weighted by atomic mass is 28.3. The van der Waals surface area contributed by atoms with Crippen LogP contribution in [0.1, 0.15) is 11.1 Å². The molecule has 2 heteroatoms. The Morgan fingerprint density at radius 3 is 2.36 bits per heavy atom. The summed E-state index contributed by atoms with van der Waals surface area (Å²) in [6, 6.07) is 5.14. The molecule has 0 aromatic heterocycles. The van der Waals surface area contributed by atoms with Crippen LogP contribution in [-0.2, 0) is 0 Å². The summed E-state index contributed by atoms with van der Waals surface area (Å²) in [4.78, 5) is 0. The summed E-state index contributed by atoms with van der Waals surface area (Å²) in [5, 5.41) is 0. The third-order valence-electron chi connectivity index (χ3n) is 1.75. The summed E-state index contributed by atoms with van der Waals surface area (Å²) in [6.07, 6.45) is 0. The van der Waals surface area contributed by atoms with E-state index in [9.17, 15) is 4.39 Å². The number of hydrogen-bond acceptors (Lipinski definition) is 0. The van der Waals surface area contributed by atoms with Gasteiger partial charge in [-0.05, 0) is 24.6 Å². The van der Waals surface area contributed by atoms with Gasteiger partial charge in [-0.2, -0.15) is 0 Å². The molecule has 0 atom stereocenters. The SMILES string of the molecule is Cc1ccc(C#C[Si](C)(C)C)cc1F. The molecule has 1 rings (SSSR count). The highest BCUT2D eigenvalue weighted by Gasteiger charge is 2.07. The summed E-state index contributed by atoms with van der Waals surface area (Å²) >= 11 is 0. The third-order valence-corrected chi connectivity index (χ3v) is 2.63. The molecule has 0 spiro atoms. The normalized spacial score (nSPS) is 10.6. The van der Waals surface area contributed by atoms with Gasteiger partial charge in [-0.3, -0.25) is 0 Å². The first kappa shape index (κ1) is 11.0. The van der Waals surface area contributed by atoms with Crippen LogP contribution in [0.2, 0.25) is 19.6 Å². The molecule has 0 amide bonds. The molecule has 0 radical (unpaired) electrons. The summed E-state index contributed by atoms with van der Waals surface area (Å²) in [5.74, 6) is 2.85. The van der Waals surface area contributed by atoms with Crippen LogP contribution >= 0.6 is 0 Å². The lowest BCUT2D eigenvalue weighted by molar-refractivity contribution is 0.618. The van der Waals surface area contributed by atoms with Crippen LogP contribution in [0.4, 0.5) is 4.39 Å². The van der Waals surface area contributed by atoms with Crippen LogP contribution in [0, 0.1) is 24.2 Å². The van der Waals surface area contributed by atoms with Crippen molar-refractivity contribution in [2.75, 3.05) is 0 Å². The van der Waals surface area contributed by atoms with Gasteiger partial charge < -0.3 is 0 Å². The zero-order valence-electron chi connectivity index (χ0n) is 9.11. The van der Waals surface area contributed by atoms with E-state index in [0.29, 0.717) is 5.56 Å². The molecule has 74 valence electrons. The van der Waals surface area contributed by atoms with Gasteiger partial charge in [0.15, 0.2) is 0 Å². The van der Waals surface area contributed by atoms with Crippen LogP contribution in [0.5, 0.6) is 0 Å². The Labute approximate surface area is 86.2 Å². The molecule has 1 aromatic rings. The quantitative estimate of drug-likeness (QED) is 0.451. The van der Waals surface area contributed by atoms with Crippen molar-refractivity contribution in [1.29, 1.82) is 0 Å². The van der Waals surface area contributed by atoms with Crippen LogP contribution in [-0.4, -0.2) is 8.07 Å². The summed E-state index contributed by atoms with van der Waals surface area (Å²) in [7, 11) is -1.35. The van der Waals surface area contributed by atoms with E-state index in [0.717, 1.165) is 5.56 Å². The Morgan fingerprint density at radius 2 is 1.86 bits per heavy atom. The van der Waals surface area contributed by atoms with E-state index >= 15 is 0 Å². The lowest BCUT2D eigenvalue weighted by atomic mass is 10.1. The van der Waals surface area contributed by atoms with Gasteiger partial charge >= 0.3 is 0 Å². The maximum Gasteiger partial charge on any atom is 0.129 e. The Bertz CT molecular complexity index is 391. The van der Waals surface area contributed by atoms with Gasteiger partial charge in [-0.15, -0.1) is 5.54 Å². The number of halogens is 1. The number of aryl methyl sites for hydroxylation is 1. The van der Waals surface area contributed by atoms with Gasteiger partial charge in [0.1, 0.15) is 13.9 Å². The topological polar surface area (TPSA) is 0 Å². The predicted octanol–water partition coefficient (Wildman–Crippen LogP) is 3.36. The molecule has 0 saturated heterocycles. The molecule has 0 aliphatic heterocycles. The van der Waals surface area contributed by atoms with E-state index < -0.39 is 8.07 Å². The average Bonchev–Trinajstić information content (AvgIpc) is 2.06. The number of rotatable bonds is 0. The monoisotopic (exact) mass is 206 g/mol. The largest absolute Gasteiger partial charge is 0.207 e. The van der Waals surface area contributed by atoms with Crippen molar-refractivity contribution in [2.45, 2.75) is 26.6 Å². The lowest BCUT2D eigenvalue weighted by Crippen LogP contribution is -2.16. The maximum atomic E-state index is 13.1. The van der Waals surface area contributed by atoms with E-state index in [1.54, 1.807) is 13.0 Å². The Hall–Kier alpha value is -1.07. The minimum absolute atomic E-state index is 0.174. The fourth-order valence-electron chi connectivity index (χ4n) is 0.930. The van der Waals surface area contributed by atoms with E-state index in [-0.39, 0.29) is 5.82 Å².